The number of rotatable bonds is 2. The molecular formula is C14H8N6O. The van der Waals surface area contributed by atoms with Crippen LogP contribution < -0.4 is 4.74 Å². The molecule has 0 fully saturated rings. The summed E-state index contributed by atoms with van der Waals surface area (Å²) in [7, 11) is 1.47. The highest BCUT2D eigenvalue weighted by molar-refractivity contribution is 5.79. The number of ether oxygens (including phenoxy) is 1. The first-order chi connectivity index (χ1) is 10.3. The van der Waals surface area contributed by atoms with Crippen molar-refractivity contribution in [1.29, 1.82) is 10.5 Å². The van der Waals surface area contributed by atoms with Crippen LogP contribution in [-0.4, -0.2) is 27.0 Å². The molecule has 1 N–H and O–H groups in total. The second kappa shape index (κ2) is 4.91. The maximum absolute atomic E-state index is 9.19. The molecule has 0 aliphatic rings. The summed E-state index contributed by atoms with van der Waals surface area (Å²) in [5.74, 6) is 0.833. The highest BCUT2D eigenvalue weighted by atomic mass is 16.5. The molecule has 0 spiro atoms. The summed E-state index contributed by atoms with van der Waals surface area (Å²) >= 11 is 0. The van der Waals surface area contributed by atoms with Crippen molar-refractivity contribution in [2.75, 3.05) is 7.11 Å². The number of nitrogens with zero attached hydrogens (tertiary/aromatic N) is 5. The van der Waals surface area contributed by atoms with Crippen LogP contribution in [-0.2, 0) is 0 Å². The van der Waals surface area contributed by atoms with Crippen LogP contribution in [0.4, 0.5) is 0 Å². The van der Waals surface area contributed by atoms with E-state index in [0.717, 1.165) is 0 Å². The van der Waals surface area contributed by atoms with Crippen molar-refractivity contribution in [2.24, 2.45) is 0 Å². The molecule has 0 aliphatic carbocycles. The SMILES string of the molecule is COc1c(C#N)cc(C#N)cc1-c1nc2ncncc2[nH]1. The molecule has 2 aromatic heterocycles. The molecule has 0 saturated carbocycles. The number of hydrogen-bond acceptors (Lipinski definition) is 6. The van der Waals surface area contributed by atoms with Crippen LogP contribution in [0.1, 0.15) is 11.1 Å². The van der Waals surface area contributed by atoms with Gasteiger partial charge in [0.15, 0.2) is 5.65 Å². The van der Waals surface area contributed by atoms with Gasteiger partial charge >= 0.3 is 0 Å². The molecule has 3 rings (SSSR count). The van der Waals surface area contributed by atoms with Crippen LogP contribution >= 0.6 is 0 Å². The fourth-order valence-electron chi connectivity index (χ4n) is 2.06. The number of nitriles is 2. The lowest BCUT2D eigenvalue weighted by Crippen LogP contribution is -1.95. The molecule has 21 heavy (non-hydrogen) atoms. The Morgan fingerprint density at radius 1 is 1.24 bits per heavy atom. The monoisotopic (exact) mass is 276 g/mol. The first kappa shape index (κ1) is 12.6. The second-order valence-electron chi connectivity index (χ2n) is 4.17. The van der Waals surface area contributed by atoms with E-state index in [1.165, 1.54) is 19.5 Å². The highest BCUT2D eigenvalue weighted by Crippen LogP contribution is 2.33. The van der Waals surface area contributed by atoms with Gasteiger partial charge in [-0.3, -0.25) is 0 Å². The fraction of sp³-hybridized carbons (Fsp3) is 0.0714. The molecule has 0 bridgehead atoms. The van der Waals surface area contributed by atoms with Crippen LogP contribution in [0, 0.1) is 22.7 Å². The van der Waals surface area contributed by atoms with Gasteiger partial charge in [-0.05, 0) is 12.1 Å². The number of fused-ring (bicyclic) bond motifs is 1. The summed E-state index contributed by atoms with van der Waals surface area (Å²) < 4.78 is 5.29. The number of imidazole rings is 1. The van der Waals surface area contributed by atoms with Crippen LogP contribution in [0.25, 0.3) is 22.6 Å². The number of aromatic amines is 1. The van der Waals surface area contributed by atoms with Gasteiger partial charge in [-0.1, -0.05) is 0 Å². The third-order valence-electron chi connectivity index (χ3n) is 2.96. The highest BCUT2D eigenvalue weighted by Gasteiger charge is 2.16. The van der Waals surface area contributed by atoms with Gasteiger partial charge in [0.05, 0.1) is 36.1 Å². The molecule has 0 aliphatic heterocycles. The molecular weight excluding hydrogens is 268 g/mol. The predicted molar refractivity (Wildman–Crippen MR) is 73.1 cm³/mol. The zero-order valence-electron chi connectivity index (χ0n) is 11.0. The minimum absolute atomic E-state index is 0.276. The Morgan fingerprint density at radius 2 is 2.10 bits per heavy atom. The molecule has 3 aromatic rings. The van der Waals surface area contributed by atoms with Gasteiger partial charge in [0, 0.05) is 0 Å². The maximum atomic E-state index is 9.19. The molecule has 0 unspecified atom stereocenters. The van der Waals surface area contributed by atoms with Crippen molar-refractivity contribution >= 4 is 11.2 Å². The first-order valence-electron chi connectivity index (χ1n) is 5.95. The van der Waals surface area contributed by atoms with Gasteiger partial charge in [-0.2, -0.15) is 10.5 Å². The summed E-state index contributed by atoms with van der Waals surface area (Å²) in [6, 6.07) is 7.13. The number of H-pyrrole nitrogens is 1. The molecule has 0 radical (unpaired) electrons. The largest absolute Gasteiger partial charge is 0.495 e. The maximum Gasteiger partial charge on any atom is 0.181 e. The Bertz CT molecular complexity index is 882. The van der Waals surface area contributed by atoms with E-state index in [-0.39, 0.29) is 5.56 Å². The average Bonchev–Trinajstić information content (AvgIpc) is 2.97. The summed E-state index contributed by atoms with van der Waals surface area (Å²) in [4.78, 5) is 15.3. The van der Waals surface area contributed by atoms with E-state index in [1.807, 2.05) is 12.1 Å². The minimum Gasteiger partial charge on any atom is -0.495 e. The lowest BCUT2D eigenvalue weighted by atomic mass is 10.0. The Kier molecular flexibility index (Phi) is 2.94. The Morgan fingerprint density at radius 3 is 2.76 bits per heavy atom. The predicted octanol–water partition coefficient (Wildman–Crippen LogP) is 1.77. The molecule has 1 aromatic carbocycles. The van der Waals surface area contributed by atoms with E-state index in [2.05, 4.69) is 19.9 Å². The molecule has 7 nitrogen and oxygen atoms in total. The van der Waals surface area contributed by atoms with E-state index >= 15 is 0 Å². The second-order valence-corrected chi connectivity index (χ2v) is 4.17. The summed E-state index contributed by atoms with van der Waals surface area (Å²) in [6.07, 6.45) is 3.00. The van der Waals surface area contributed by atoms with Gasteiger partial charge in [-0.15, -0.1) is 0 Å². The van der Waals surface area contributed by atoms with Crippen LogP contribution in [0.2, 0.25) is 0 Å². The summed E-state index contributed by atoms with van der Waals surface area (Å²) in [6.45, 7) is 0. The molecule has 2 heterocycles. The third-order valence-corrected chi connectivity index (χ3v) is 2.96. The van der Waals surface area contributed by atoms with E-state index in [0.29, 0.717) is 33.9 Å². The number of nitrogens with one attached hydrogen (secondary N) is 1. The number of methoxy groups -OCH3 is 1. The van der Waals surface area contributed by atoms with E-state index < -0.39 is 0 Å². The quantitative estimate of drug-likeness (QED) is 0.763. The summed E-state index contributed by atoms with van der Waals surface area (Å²) in [5, 5.41) is 18.3. The van der Waals surface area contributed by atoms with E-state index in [9.17, 15) is 5.26 Å². The molecule has 0 atom stereocenters. The first-order valence-corrected chi connectivity index (χ1v) is 5.95. The van der Waals surface area contributed by atoms with Crippen molar-refractivity contribution < 1.29 is 4.74 Å². The normalized spacial score (nSPS) is 10.0. The van der Waals surface area contributed by atoms with Gasteiger partial charge in [0.1, 0.15) is 29.5 Å². The third kappa shape index (κ3) is 2.03. The van der Waals surface area contributed by atoms with Crippen molar-refractivity contribution in [1.82, 2.24) is 19.9 Å². The Labute approximate surface area is 119 Å². The molecule has 0 amide bonds. The van der Waals surface area contributed by atoms with Crippen LogP contribution in [0.5, 0.6) is 5.75 Å². The minimum atomic E-state index is 0.276. The van der Waals surface area contributed by atoms with Crippen molar-refractivity contribution in [3.8, 4) is 29.3 Å². The van der Waals surface area contributed by atoms with Gasteiger partial charge in [0.2, 0.25) is 0 Å². The standard InChI is InChI=1S/C14H8N6O/c1-21-12-9(5-16)2-8(4-15)3-10(12)13-19-11-6-17-7-18-14(11)20-13/h2-3,6-7H,1H3,(H,17,18,19,20). The average molecular weight is 276 g/mol. The van der Waals surface area contributed by atoms with Gasteiger partial charge in [0.25, 0.3) is 0 Å². The summed E-state index contributed by atoms with van der Waals surface area (Å²) in [5.41, 5.74) is 2.33. The lowest BCUT2D eigenvalue weighted by Gasteiger charge is -2.08. The Balaban J connectivity index is 2.30. The zero-order valence-corrected chi connectivity index (χ0v) is 11.0. The molecule has 7 heteroatoms. The van der Waals surface area contributed by atoms with Gasteiger partial charge in [-0.25, -0.2) is 15.0 Å². The topological polar surface area (TPSA) is 111 Å². The van der Waals surface area contributed by atoms with Crippen molar-refractivity contribution in [2.45, 2.75) is 0 Å². The van der Waals surface area contributed by atoms with Crippen molar-refractivity contribution in [3.05, 3.63) is 35.8 Å². The zero-order chi connectivity index (χ0) is 14.8. The molecule has 0 saturated heterocycles. The fourth-order valence-corrected chi connectivity index (χ4v) is 2.06. The smallest absolute Gasteiger partial charge is 0.181 e. The van der Waals surface area contributed by atoms with Crippen LogP contribution in [0.15, 0.2) is 24.7 Å². The number of hydrogen-bond donors (Lipinski definition) is 1. The molecule has 100 valence electrons. The number of aromatic nitrogens is 4. The van der Waals surface area contributed by atoms with E-state index in [1.54, 1.807) is 12.3 Å². The Hall–Kier alpha value is -3.45. The number of benzene rings is 1. The lowest BCUT2D eigenvalue weighted by molar-refractivity contribution is 0.415. The van der Waals surface area contributed by atoms with Gasteiger partial charge < -0.3 is 9.72 Å². The van der Waals surface area contributed by atoms with E-state index in [4.69, 9.17) is 10.00 Å². The van der Waals surface area contributed by atoms with Crippen molar-refractivity contribution in [3.63, 3.8) is 0 Å². The van der Waals surface area contributed by atoms with Crippen LogP contribution in [0.3, 0.4) is 0 Å².